The van der Waals surface area contributed by atoms with Crippen molar-refractivity contribution in [1.82, 2.24) is 30.1 Å². The Hall–Kier alpha value is -3.61. The summed E-state index contributed by atoms with van der Waals surface area (Å²) < 4.78 is 1.56. The highest BCUT2D eigenvalue weighted by atomic mass is 16.2. The Labute approximate surface area is 155 Å². The molecule has 1 aliphatic carbocycles. The standard InChI is InChI=1S/C20H16N6O/c27-20(23-15-10-13-4-1-2-5-14(13)11-15)18-7-9-21-19-12-17(25-26(18)19)16-6-3-8-22-24-16/h1-9,12,15H,10-11H2,(H,23,27). The van der Waals surface area contributed by atoms with Crippen LogP contribution in [0.1, 0.15) is 21.6 Å². The van der Waals surface area contributed by atoms with Gasteiger partial charge in [-0.3, -0.25) is 4.79 Å². The lowest BCUT2D eigenvalue weighted by Crippen LogP contribution is -2.36. The summed E-state index contributed by atoms with van der Waals surface area (Å²) in [6.45, 7) is 0. The lowest BCUT2D eigenvalue weighted by Gasteiger charge is -2.12. The molecule has 3 heterocycles. The zero-order valence-electron chi connectivity index (χ0n) is 14.4. The van der Waals surface area contributed by atoms with E-state index in [1.165, 1.54) is 11.1 Å². The van der Waals surface area contributed by atoms with Crippen LogP contribution in [0.15, 0.2) is 60.9 Å². The quantitative estimate of drug-likeness (QED) is 0.607. The summed E-state index contributed by atoms with van der Waals surface area (Å²) in [6.07, 6.45) is 4.92. The highest BCUT2D eigenvalue weighted by molar-refractivity contribution is 5.93. The molecule has 0 radical (unpaired) electrons. The van der Waals surface area contributed by atoms with Crippen molar-refractivity contribution in [2.45, 2.75) is 18.9 Å². The van der Waals surface area contributed by atoms with Crippen LogP contribution in [0.3, 0.4) is 0 Å². The van der Waals surface area contributed by atoms with Gasteiger partial charge in [0.15, 0.2) is 5.65 Å². The topological polar surface area (TPSA) is 85.1 Å². The molecule has 5 rings (SSSR count). The largest absolute Gasteiger partial charge is 0.347 e. The molecular formula is C20H16N6O. The van der Waals surface area contributed by atoms with E-state index in [2.05, 4.69) is 37.7 Å². The molecule has 1 amide bonds. The molecule has 0 unspecified atom stereocenters. The first-order valence-electron chi connectivity index (χ1n) is 8.78. The van der Waals surface area contributed by atoms with Crippen LogP contribution in [0.5, 0.6) is 0 Å². The van der Waals surface area contributed by atoms with Crippen molar-refractivity contribution in [1.29, 1.82) is 0 Å². The number of nitrogens with zero attached hydrogens (tertiary/aromatic N) is 5. The van der Waals surface area contributed by atoms with Crippen LogP contribution in [0.2, 0.25) is 0 Å². The number of carbonyl (C=O) groups excluding carboxylic acids is 1. The monoisotopic (exact) mass is 356 g/mol. The molecule has 4 aromatic rings. The Morgan fingerprint density at radius 3 is 2.56 bits per heavy atom. The molecule has 0 bridgehead atoms. The molecule has 1 aromatic carbocycles. The average Bonchev–Trinajstić information content (AvgIpc) is 3.31. The molecule has 27 heavy (non-hydrogen) atoms. The fourth-order valence-electron chi connectivity index (χ4n) is 3.55. The summed E-state index contributed by atoms with van der Waals surface area (Å²) in [6, 6.07) is 15.5. The molecule has 7 nitrogen and oxygen atoms in total. The van der Waals surface area contributed by atoms with Crippen molar-refractivity contribution in [3.05, 3.63) is 77.7 Å². The van der Waals surface area contributed by atoms with E-state index in [0.717, 1.165) is 12.8 Å². The number of hydrogen-bond acceptors (Lipinski definition) is 5. The molecule has 0 saturated carbocycles. The van der Waals surface area contributed by atoms with E-state index < -0.39 is 0 Å². The van der Waals surface area contributed by atoms with Gasteiger partial charge in [-0.1, -0.05) is 24.3 Å². The number of hydrogen-bond donors (Lipinski definition) is 1. The second-order valence-electron chi connectivity index (χ2n) is 6.59. The predicted octanol–water partition coefficient (Wildman–Crippen LogP) is 2.08. The summed E-state index contributed by atoms with van der Waals surface area (Å²) in [5, 5.41) is 15.6. The van der Waals surface area contributed by atoms with Gasteiger partial charge in [0.1, 0.15) is 17.1 Å². The third-order valence-corrected chi connectivity index (χ3v) is 4.81. The van der Waals surface area contributed by atoms with E-state index in [4.69, 9.17) is 0 Å². The van der Waals surface area contributed by atoms with E-state index in [0.29, 0.717) is 22.7 Å². The van der Waals surface area contributed by atoms with E-state index >= 15 is 0 Å². The van der Waals surface area contributed by atoms with Crippen molar-refractivity contribution in [2.24, 2.45) is 0 Å². The minimum absolute atomic E-state index is 0.0909. The van der Waals surface area contributed by atoms with Crippen molar-refractivity contribution in [3.63, 3.8) is 0 Å². The first-order valence-corrected chi connectivity index (χ1v) is 8.78. The molecule has 0 saturated heterocycles. The first kappa shape index (κ1) is 15.6. The van der Waals surface area contributed by atoms with Crippen molar-refractivity contribution in [3.8, 4) is 11.4 Å². The Kier molecular flexibility index (Phi) is 3.64. The van der Waals surface area contributed by atoms with Crippen LogP contribution < -0.4 is 5.32 Å². The van der Waals surface area contributed by atoms with Crippen LogP contribution in [-0.4, -0.2) is 36.7 Å². The molecule has 0 fully saturated rings. The van der Waals surface area contributed by atoms with Crippen LogP contribution in [-0.2, 0) is 12.8 Å². The summed E-state index contributed by atoms with van der Waals surface area (Å²) in [5.74, 6) is -0.158. The molecule has 7 heteroatoms. The predicted molar refractivity (Wildman–Crippen MR) is 99.1 cm³/mol. The third kappa shape index (κ3) is 2.83. The van der Waals surface area contributed by atoms with Crippen LogP contribution in [0.25, 0.3) is 17.0 Å². The van der Waals surface area contributed by atoms with Gasteiger partial charge in [0, 0.05) is 24.5 Å². The smallest absolute Gasteiger partial charge is 0.270 e. The first-order chi connectivity index (χ1) is 13.3. The lowest BCUT2D eigenvalue weighted by molar-refractivity contribution is 0.0931. The van der Waals surface area contributed by atoms with Crippen molar-refractivity contribution >= 4 is 11.6 Å². The molecule has 0 spiro atoms. The van der Waals surface area contributed by atoms with Crippen LogP contribution in [0.4, 0.5) is 0 Å². The Bertz CT molecular complexity index is 1110. The van der Waals surface area contributed by atoms with Gasteiger partial charge in [0.2, 0.25) is 0 Å². The third-order valence-electron chi connectivity index (χ3n) is 4.81. The number of benzene rings is 1. The van der Waals surface area contributed by atoms with Gasteiger partial charge in [-0.05, 0) is 42.2 Å². The van der Waals surface area contributed by atoms with Gasteiger partial charge in [0.05, 0.1) is 0 Å². The van der Waals surface area contributed by atoms with Gasteiger partial charge >= 0.3 is 0 Å². The van der Waals surface area contributed by atoms with Gasteiger partial charge in [0.25, 0.3) is 5.91 Å². The van der Waals surface area contributed by atoms with Gasteiger partial charge in [-0.15, -0.1) is 5.10 Å². The number of carbonyl (C=O) groups is 1. The Balaban J connectivity index is 1.43. The van der Waals surface area contributed by atoms with E-state index in [9.17, 15) is 4.79 Å². The Morgan fingerprint density at radius 2 is 1.81 bits per heavy atom. The summed E-state index contributed by atoms with van der Waals surface area (Å²) in [5.41, 5.74) is 4.91. The second-order valence-corrected chi connectivity index (χ2v) is 6.59. The molecule has 0 atom stereocenters. The average molecular weight is 356 g/mol. The lowest BCUT2D eigenvalue weighted by atomic mass is 10.1. The van der Waals surface area contributed by atoms with Gasteiger partial charge < -0.3 is 5.32 Å². The number of rotatable bonds is 3. The second kappa shape index (κ2) is 6.28. The van der Waals surface area contributed by atoms with Crippen molar-refractivity contribution in [2.75, 3.05) is 0 Å². The molecule has 1 N–H and O–H groups in total. The van der Waals surface area contributed by atoms with E-state index in [1.54, 1.807) is 35.1 Å². The molecule has 3 aromatic heterocycles. The van der Waals surface area contributed by atoms with E-state index in [-0.39, 0.29) is 11.9 Å². The molecule has 132 valence electrons. The highest BCUT2D eigenvalue weighted by Crippen LogP contribution is 2.22. The number of fused-ring (bicyclic) bond motifs is 2. The van der Waals surface area contributed by atoms with Crippen LogP contribution in [0, 0.1) is 0 Å². The minimum atomic E-state index is -0.158. The summed E-state index contributed by atoms with van der Waals surface area (Å²) in [4.78, 5) is 17.2. The molecular weight excluding hydrogens is 340 g/mol. The minimum Gasteiger partial charge on any atom is -0.347 e. The zero-order chi connectivity index (χ0) is 18.2. The molecule has 1 aliphatic rings. The summed E-state index contributed by atoms with van der Waals surface area (Å²) in [7, 11) is 0. The maximum atomic E-state index is 12.9. The Morgan fingerprint density at radius 1 is 1.00 bits per heavy atom. The van der Waals surface area contributed by atoms with Gasteiger partial charge in [-0.2, -0.15) is 10.2 Å². The SMILES string of the molecule is O=C(NC1Cc2ccccc2C1)c1ccnc2cc(-c3cccnn3)nn12. The number of nitrogens with one attached hydrogen (secondary N) is 1. The maximum absolute atomic E-state index is 12.9. The maximum Gasteiger partial charge on any atom is 0.270 e. The van der Waals surface area contributed by atoms with E-state index in [1.807, 2.05) is 18.2 Å². The van der Waals surface area contributed by atoms with Crippen molar-refractivity contribution < 1.29 is 4.79 Å². The zero-order valence-corrected chi connectivity index (χ0v) is 14.4. The fraction of sp³-hybridized carbons (Fsp3) is 0.150. The van der Waals surface area contributed by atoms with Gasteiger partial charge in [-0.25, -0.2) is 9.50 Å². The molecule has 0 aliphatic heterocycles. The number of amides is 1. The number of aromatic nitrogens is 5. The van der Waals surface area contributed by atoms with Crippen LogP contribution >= 0.6 is 0 Å². The summed E-state index contributed by atoms with van der Waals surface area (Å²) >= 11 is 0. The normalized spacial score (nSPS) is 13.6. The fourth-order valence-corrected chi connectivity index (χ4v) is 3.55. The highest BCUT2D eigenvalue weighted by Gasteiger charge is 2.24.